The molecule has 5 heteroatoms. The van der Waals surface area contributed by atoms with Crippen molar-refractivity contribution in [3.8, 4) is 17.2 Å². The van der Waals surface area contributed by atoms with E-state index in [2.05, 4.69) is 10.2 Å². The highest BCUT2D eigenvalue weighted by atomic mass is 16.5. The lowest BCUT2D eigenvalue weighted by atomic mass is 10.2. The number of hydrogen-bond acceptors (Lipinski definition) is 5. The monoisotopic (exact) mass is 247 g/mol. The largest absolute Gasteiger partial charge is 0.494 e. The molecule has 96 valence electrons. The normalized spacial score (nSPS) is 12.4. The first-order valence-corrected chi connectivity index (χ1v) is 6.06. The lowest BCUT2D eigenvalue weighted by Crippen LogP contribution is -2.08. The number of nitrogens with zero attached hydrogens (tertiary/aromatic N) is 2. The van der Waals surface area contributed by atoms with E-state index in [1.54, 1.807) is 0 Å². The summed E-state index contributed by atoms with van der Waals surface area (Å²) >= 11 is 0. The maximum Gasteiger partial charge on any atom is 0.247 e. The predicted octanol–water partition coefficient (Wildman–Crippen LogP) is 2.55. The fourth-order valence-electron chi connectivity index (χ4n) is 1.54. The molecule has 5 nitrogen and oxygen atoms in total. The van der Waals surface area contributed by atoms with Crippen LogP contribution in [0.3, 0.4) is 0 Å². The van der Waals surface area contributed by atoms with Crippen LogP contribution in [0, 0.1) is 0 Å². The van der Waals surface area contributed by atoms with Crippen LogP contribution in [0.25, 0.3) is 11.5 Å². The van der Waals surface area contributed by atoms with Gasteiger partial charge in [0.05, 0.1) is 12.6 Å². The maximum atomic E-state index is 5.83. The lowest BCUT2D eigenvalue weighted by molar-refractivity contribution is 0.340. The number of ether oxygens (including phenoxy) is 1. The molecule has 0 aliphatic heterocycles. The average molecular weight is 247 g/mol. The number of rotatable bonds is 5. The summed E-state index contributed by atoms with van der Waals surface area (Å²) in [5.41, 5.74) is 6.69. The standard InChI is InChI=1S/C13H17N3O2/c1-3-11(14)13-16-15-12(18-13)9-5-7-10(8-6-9)17-4-2/h5-8,11H,3-4,14H2,1-2H3. The van der Waals surface area contributed by atoms with E-state index in [0.717, 1.165) is 17.7 Å². The molecular weight excluding hydrogens is 230 g/mol. The van der Waals surface area contributed by atoms with Crippen molar-refractivity contribution < 1.29 is 9.15 Å². The predicted molar refractivity (Wildman–Crippen MR) is 68.1 cm³/mol. The molecule has 0 aliphatic carbocycles. The van der Waals surface area contributed by atoms with Crippen LogP contribution in [0.2, 0.25) is 0 Å². The summed E-state index contributed by atoms with van der Waals surface area (Å²) in [4.78, 5) is 0. The first-order valence-electron chi connectivity index (χ1n) is 6.06. The summed E-state index contributed by atoms with van der Waals surface area (Å²) in [5.74, 6) is 1.78. The third kappa shape index (κ3) is 2.68. The van der Waals surface area contributed by atoms with Crippen LogP contribution in [0.1, 0.15) is 32.2 Å². The Labute approximate surface area is 106 Å². The Bertz CT molecular complexity index is 493. The van der Waals surface area contributed by atoms with E-state index in [0.29, 0.717) is 18.4 Å². The molecule has 2 N–H and O–H groups in total. The van der Waals surface area contributed by atoms with Gasteiger partial charge in [-0.3, -0.25) is 0 Å². The van der Waals surface area contributed by atoms with Crippen molar-refractivity contribution in [2.75, 3.05) is 6.61 Å². The van der Waals surface area contributed by atoms with Crippen LogP contribution in [0.5, 0.6) is 5.75 Å². The van der Waals surface area contributed by atoms with Crippen LogP contribution in [-0.4, -0.2) is 16.8 Å². The SMILES string of the molecule is CCOc1ccc(-c2nnc(C(N)CC)o2)cc1. The average Bonchev–Trinajstić information content (AvgIpc) is 2.89. The number of nitrogens with two attached hydrogens (primary N) is 1. The van der Waals surface area contributed by atoms with Crippen molar-refractivity contribution in [1.82, 2.24) is 10.2 Å². The molecule has 0 bridgehead atoms. The Morgan fingerprint density at radius 2 is 1.94 bits per heavy atom. The molecule has 1 unspecified atom stereocenters. The molecule has 18 heavy (non-hydrogen) atoms. The maximum absolute atomic E-state index is 5.83. The topological polar surface area (TPSA) is 74.2 Å². The van der Waals surface area contributed by atoms with E-state index in [1.165, 1.54) is 0 Å². The molecule has 2 aromatic rings. The minimum Gasteiger partial charge on any atom is -0.494 e. The van der Waals surface area contributed by atoms with Crippen LogP contribution in [0.15, 0.2) is 28.7 Å². The van der Waals surface area contributed by atoms with Gasteiger partial charge in [-0.05, 0) is 37.6 Å². The molecule has 1 heterocycles. The minimum atomic E-state index is -0.200. The molecule has 2 rings (SSSR count). The van der Waals surface area contributed by atoms with Gasteiger partial charge in [0.15, 0.2) is 0 Å². The lowest BCUT2D eigenvalue weighted by Gasteiger charge is -2.03. The van der Waals surface area contributed by atoms with E-state index >= 15 is 0 Å². The molecule has 0 aliphatic rings. The van der Waals surface area contributed by atoms with Crippen LogP contribution < -0.4 is 10.5 Å². The Kier molecular flexibility index (Phi) is 3.94. The van der Waals surface area contributed by atoms with Gasteiger partial charge >= 0.3 is 0 Å². The van der Waals surface area contributed by atoms with Gasteiger partial charge in [-0.1, -0.05) is 6.92 Å². The summed E-state index contributed by atoms with van der Waals surface area (Å²) in [5, 5.41) is 7.94. The van der Waals surface area contributed by atoms with Gasteiger partial charge in [0.25, 0.3) is 0 Å². The quantitative estimate of drug-likeness (QED) is 0.878. The molecule has 0 saturated heterocycles. The highest BCUT2D eigenvalue weighted by Gasteiger charge is 2.13. The Hall–Kier alpha value is -1.88. The van der Waals surface area contributed by atoms with Gasteiger partial charge in [-0.2, -0.15) is 0 Å². The summed E-state index contributed by atoms with van der Waals surface area (Å²) in [7, 11) is 0. The molecule has 1 aromatic heterocycles. The first kappa shape index (κ1) is 12.6. The molecule has 0 radical (unpaired) electrons. The number of aromatic nitrogens is 2. The number of benzene rings is 1. The summed E-state index contributed by atoms with van der Waals surface area (Å²) in [6.07, 6.45) is 0.769. The van der Waals surface area contributed by atoms with E-state index in [9.17, 15) is 0 Å². The van der Waals surface area contributed by atoms with E-state index < -0.39 is 0 Å². The Morgan fingerprint density at radius 3 is 2.56 bits per heavy atom. The highest BCUT2D eigenvalue weighted by Crippen LogP contribution is 2.23. The van der Waals surface area contributed by atoms with Gasteiger partial charge in [0, 0.05) is 5.56 Å². The van der Waals surface area contributed by atoms with Crippen molar-refractivity contribution in [3.63, 3.8) is 0 Å². The fourth-order valence-corrected chi connectivity index (χ4v) is 1.54. The molecule has 0 fully saturated rings. The second-order valence-electron chi connectivity index (χ2n) is 3.92. The highest BCUT2D eigenvalue weighted by molar-refractivity contribution is 5.53. The van der Waals surface area contributed by atoms with Crippen LogP contribution in [-0.2, 0) is 0 Å². The van der Waals surface area contributed by atoms with Gasteiger partial charge in [-0.25, -0.2) is 0 Å². The van der Waals surface area contributed by atoms with Crippen molar-refractivity contribution in [1.29, 1.82) is 0 Å². The van der Waals surface area contributed by atoms with Gasteiger partial charge in [0.1, 0.15) is 5.75 Å². The van der Waals surface area contributed by atoms with Crippen molar-refractivity contribution in [2.45, 2.75) is 26.3 Å². The molecule has 0 spiro atoms. The third-order valence-electron chi connectivity index (χ3n) is 2.61. The Morgan fingerprint density at radius 1 is 1.22 bits per heavy atom. The van der Waals surface area contributed by atoms with Crippen LogP contribution >= 0.6 is 0 Å². The molecule has 0 saturated carbocycles. The fraction of sp³-hybridized carbons (Fsp3) is 0.385. The van der Waals surface area contributed by atoms with E-state index in [4.69, 9.17) is 14.9 Å². The molecule has 1 aromatic carbocycles. The molecule has 0 amide bonds. The molecule has 1 atom stereocenters. The summed E-state index contributed by atoms with van der Waals surface area (Å²) in [6.45, 7) is 4.57. The zero-order valence-corrected chi connectivity index (χ0v) is 10.6. The minimum absolute atomic E-state index is 0.200. The van der Waals surface area contributed by atoms with E-state index in [1.807, 2.05) is 38.1 Å². The van der Waals surface area contributed by atoms with Gasteiger partial charge in [0.2, 0.25) is 11.8 Å². The van der Waals surface area contributed by atoms with Crippen molar-refractivity contribution in [2.24, 2.45) is 5.73 Å². The zero-order chi connectivity index (χ0) is 13.0. The van der Waals surface area contributed by atoms with Gasteiger partial charge in [-0.15, -0.1) is 10.2 Å². The zero-order valence-electron chi connectivity index (χ0n) is 10.6. The molecular formula is C13H17N3O2. The second-order valence-corrected chi connectivity index (χ2v) is 3.92. The second kappa shape index (κ2) is 5.64. The first-order chi connectivity index (χ1) is 8.74. The van der Waals surface area contributed by atoms with Crippen LogP contribution in [0.4, 0.5) is 0 Å². The third-order valence-corrected chi connectivity index (χ3v) is 2.61. The van der Waals surface area contributed by atoms with Crippen molar-refractivity contribution >= 4 is 0 Å². The smallest absolute Gasteiger partial charge is 0.247 e. The summed E-state index contributed by atoms with van der Waals surface area (Å²) < 4.78 is 10.9. The number of hydrogen-bond donors (Lipinski definition) is 1. The van der Waals surface area contributed by atoms with Gasteiger partial charge < -0.3 is 14.9 Å². The summed E-state index contributed by atoms with van der Waals surface area (Å²) in [6, 6.07) is 7.33. The Balaban J connectivity index is 2.18. The van der Waals surface area contributed by atoms with E-state index in [-0.39, 0.29) is 6.04 Å². The van der Waals surface area contributed by atoms with Crippen molar-refractivity contribution in [3.05, 3.63) is 30.2 Å².